The first-order chi connectivity index (χ1) is 8.76. The number of hydrogen-bond donors (Lipinski definition) is 0. The molecular weight excluding hydrogens is 224 g/mol. The number of ketones is 1. The highest BCUT2D eigenvalue weighted by molar-refractivity contribution is 5.78. The number of Topliss-reactive ketones (excluding diaryl/α,β-unsaturated/α-hetero) is 1. The minimum atomic E-state index is 0.357. The minimum Gasteiger partial charge on any atom is -0.497 e. The number of carbonyl (C=O) groups is 1. The van der Waals surface area contributed by atoms with E-state index in [1.807, 2.05) is 37.3 Å². The fraction of sp³-hybridized carbons (Fsp3) is 0.438. The zero-order chi connectivity index (χ0) is 13.2. The number of allylic oxidation sites excluding steroid dienone is 2. The van der Waals surface area contributed by atoms with Crippen LogP contribution in [0.5, 0.6) is 5.75 Å². The van der Waals surface area contributed by atoms with Crippen molar-refractivity contribution >= 4 is 5.78 Å². The van der Waals surface area contributed by atoms with Gasteiger partial charge in [-0.1, -0.05) is 24.3 Å². The summed E-state index contributed by atoms with van der Waals surface area (Å²) in [6.07, 6.45) is 8.27. The molecule has 0 saturated heterocycles. The van der Waals surface area contributed by atoms with Crippen LogP contribution in [0.3, 0.4) is 0 Å². The summed E-state index contributed by atoms with van der Waals surface area (Å²) in [5, 5.41) is 0. The molecule has 0 spiro atoms. The molecule has 0 amide bonds. The summed E-state index contributed by atoms with van der Waals surface area (Å²) in [6.45, 7) is 2.01. The Morgan fingerprint density at radius 3 is 2.56 bits per heavy atom. The highest BCUT2D eigenvalue weighted by Crippen LogP contribution is 2.13. The molecule has 0 unspecified atom stereocenters. The Morgan fingerprint density at radius 2 is 1.94 bits per heavy atom. The number of methoxy groups -OCH3 is 1. The van der Waals surface area contributed by atoms with Gasteiger partial charge in [0.15, 0.2) is 0 Å². The smallest absolute Gasteiger partial charge is 0.133 e. The van der Waals surface area contributed by atoms with E-state index in [0.717, 1.165) is 25.0 Å². The molecular formula is C16H22O2. The van der Waals surface area contributed by atoms with E-state index in [9.17, 15) is 4.79 Å². The lowest BCUT2D eigenvalue weighted by molar-refractivity contribution is -0.119. The second-order valence-corrected chi connectivity index (χ2v) is 4.35. The van der Waals surface area contributed by atoms with E-state index in [1.165, 1.54) is 5.56 Å². The minimum absolute atomic E-state index is 0.357. The molecule has 1 aromatic rings. The number of benzene rings is 1. The van der Waals surface area contributed by atoms with Gasteiger partial charge in [0.1, 0.15) is 11.5 Å². The monoisotopic (exact) mass is 246 g/mol. The predicted molar refractivity (Wildman–Crippen MR) is 75.0 cm³/mol. The average Bonchev–Trinajstić information content (AvgIpc) is 2.42. The standard InChI is InChI=1S/C16H22O2/c1-3-4-5-6-7-15(17)11-8-14-9-12-16(18-2)13-10-14/h3-4,9-10,12-13H,5-8,11H2,1-2H3/b4-3-. The maximum atomic E-state index is 11.7. The van der Waals surface area contributed by atoms with E-state index < -0.39 is 0 Å². The van der Waals surface area contributed by atoms with Crippen molar-refractivity contribution < 1.29 is 9.53 Å². The van der Waals surface area contributed by atoms with Crippen LogP contribution in [0.25, 0.3) is 0 Å². The summed E-state index contributed by atoms with van der Waals surface area (Å²) in [5.74, 6) is 1.21. The first kappa shape index (κ1) is 14.5. The van der Waals surface area contributed by atoms with Gasteiger partial charge < -0.3 is 4.74 Å². The molecule has 0 aliphatic heterocycles. The quantitative estimate of drug-likeness (QED) is 0.513. The molecule has 98 valence electrons. The van der Waals surface area contributed by atoms with Gasteiger partial charge in [-0.3, -0.25) is 4.79 Å². The summed E-state index contributed by atoms with van der Waals surface area (Å²) < 4.78 is 5.10. The zero-order valence-corrected chi connectivity index (χ0v) is 11.3. The molecule has 18 heavy (non-hydrogen) atoms. The molecule has 0 N–H and O–H groups in total. The molecule has 0 aliphatic carbocycles. The topological polar surface area (TPSA) is 26.3 Å². The fourth-order valence-corrected chi connectivity index (χ4v) is 1.78. The van der Waals surface area contributed by atoms with Crippen LogP contribution in [-0.4, -0.2) is 12.9 Å². The van der Waals surface area contributed by atoms with Crippen LogP contribution in [0.1, 0.15) is 38.2 Å². The van der Waals surface area contributed by atoms with Crippen molar-refractivity contribution in [2.75, 3.05) is 7.11 Å². The Bertz CT molecular complexity index is 377. The molecule has 0 fully saturated rings. The van der Waals surface area contributed by atoms with Crippen LogP contribution in [0, 0.1) is 0 Å². The number of ether oxygens (including phenoxy) is 1. The molecule has 0 heterocycles. The number of unbranched alkanes of at least 4 members (excludes halogenated alkanes) is 1. The van der Waals surface area contributed by atoms with Gasteiger partial charge in [-0.2, -0.15) is 0 Å². The SMILES string of the molecule is C/C=C\CCCC(=O)CCc1ccc(OC)cc1. The molecule has 0 bridgehead atoms. The van der Waals surface area contributed by atoms with Crippen LogP contribution in [0.15, 0.2) is 36.4 Å². The third-order valence-corrected chi connectivity index (χ3v) is 2.91. The van der Waals surface area contributed by atoms with E-state index in [4.69, 9.17) is 4.74 Å². The van der Waals surface area contributed by atoms with Crippen molar-refractivity contribution in [2.24, 2.45) is 0 Å². The summed E-state index contributed by atoms with van der Waals surface area (Å²) in [6, 6.07) is 7.91. The fourth-order valence-electron chi connectivity index (χ4n) is 1.78. The molecule has 0 atom stereocenters. The third kappa shape index (κ3) is 5.67. The zero-order valence-electron chi connectivity index (χ0n) is 11.3. The first-order valence-electron chi connectivity index (χ1n) is 6.52. The number of carbonyl (C=O) groups excluding carboxylic acids is 1. The number of aryl methyl sites for hydroxylation is 1. The lowest BCUT2D eigenvalue weighted by Crippen LogP contribution is -1.99. The van der Waals surface area contributed by atoms with Crippen LogP contribution in [0.4, 0.5) is 0 Å². The predicted octanol–water partition coefficient (Wildman–Crippen LogP) is 3.94. The van der Waals surface area contributed by atoms with Crippen molar-refractivity contribution in [3.05, 3.63) is 42.0 Å². The van der Waals surface area contributed by atoms with E-state index in [2.05, 4.69) is 6.08 Å². The molecule has 0 saturated carbocycles. The van der Waals surface area contributed by atoms with Gasteiger partial charge in [0, 0.05) is 12.8 Å². The molecule has 2 heteroatoms. The maximum absolute atomic E-state index is 11.7. The molecule has 0 aliphatic rings. The summed E-state index contributed by atoms with van der Waals surface area (Å²) in [5.41, 5.74) is 1.19. The van der Waals surface area contributed by atoms with Gasteiger partial charge >= 0.3 is 0 Å². The molecule has 2 nitrogen and oxygen atoms in total. The highest BCUT2D eigenvalue weighted by Gasteiger charge is 2.02. The largest absolute Gasteiger partial charge is 0.497 e. The molecule has 1 aromatic carbocycles. The van der Waals surface area contributed by atoms with E-state index in [0.29, 0.717) is 18.6 Å². The van der Waals surface area contributed by atoms with Gasteiger partial charge in [0.05, 0.1) is 7.11 Å². The van der Waals surface area contributed by atoms with Crippen molar-refractivity contribution in [1.29, 1.82) is 0 Å². The number of rotatable bonds is 8. The normalized spacial score (nSPS) is 10.8. The average molecular weight is 246 g/mol. The second-order valence-electron chi connectivity index (χ2n) is 4.35. The van der Waals surface area contributed by atoms with Gasteiger partial charge in [-0.15, -0.1) is 0 Å². The Balaban J connectivity index is 2.24. The second kappa shape index (κ2) is 8.51. The van der Waals surface area contributed by atoms with Crippen LogP contribution in [-0.2, 0) is 11.2 Å². The first-order valence-corrected chi connectivity index (χ1v) is 6.52. The van der Waals surface area contributed by atoms with E-state index in [-0.39, 0.29) is 0 Å². The highest BCUT2D eigenvalue weighted by atomic mass is 16.5. The van der Waals surface area contributed by atoms with Crippen LogP contribution in [0.2, 0.25) is 0 Å². The Kier molecular flexibility index (Phi) is 6.85. The van der Waals surface area contributed by atoms with Gasteiger partial charge in [-0.05, 0) is 43.9 Å². The Labute approximate surface area is 110 Å². The Hall–Kier alpha value is -1.57. The summed E-state index contributed by atoms with van der Waals surface area (Å²) in [7, 11) is 1.66. The van der Waals surface area contributed by atoms with Gasteiger partial charge in [0.25, 0.3) is 0 Å². The molecule has 0 aromatic heterocycles. The van der Waals surface area contributed by atoms with Crippen molar-refractivity contribution in [3.8, 4) is 5.75 Å². The maximum Gasteiger partial charge on any atom is 0.133 e. The lowest BCUT2D eigenvalue weighted by Gasteiger charge is -2.03. The summed E-state index contributed by atoms with van der Waals surface area (Å²) >= 11 is 0. The van der Waals surface area contributed by atoms with Gasteiger partial charge in [-0.25, -0.2) is 0 Å². The summed E-state index contributed by atoms with van der Waals surface area (Å²) in [4.78, 5) is 11.7. The molecule has 1 rings (SSSR count). The molecule has 0 radical (unpaired) electrons. The van der Waals surface area contributed by atoms with Crippen molar-refractivity contribution in [2.45, 2.75) is 39.0 Å². The number of hydrogen-bond acceptors (Lipinski definition) is 2. The Morgan fingerprint density at radius 1 is 1.22 bits per heavy atom. The van der Waals surface area contributed by atoms with E-state index in [1.54, 1.807) is 7.11 Å². The van der Waals surface area contributed by atoms with Crippen LogP contribution >= 0.6 is 0 Å². The lowest BCUT2D eigenvalue weighted by atomic mass is 10.0. The van der Waals surface area contributed by atoms with Crippen molar-refractivity contribution in [3.63, 3.8) is 0 Å². The van der Waals surface area contributed by atoms with Crippen molar-refractivity contribution in [1.82, 2.24) is 0 Å². The van der Waals surface area contributed by atoms with E-state index >= 15 is 0 Å². The van der Waals surface area contributed by atoms with Gasteiger partial charge in [0.2, 0.25) is 0 Å². The third-order valence-electron chi connectivity index (χ3n) is 2.91. The van der Waals surface area contributed by atoms with Crippen LogP contribution < -0.4 is 4.74 Å².